The smallest absolute Gasteiger partial charge is 0.260 e. The van der Waals surface area contributed by atoms with Gasteiger partial charge in [0.05, 0.1) is 7.11 Å². The monoisotopic (exact) mass is 367 g/mol. The number of ketones is 1. The largest absolute Gasteiger partial charge is 0.493 e. The Hall–Kier alpha value is -2.82. The molecule has 0 aliphatic carbocycles. The number of rotatable bonds is 6. The normalized spacial score (nSPS) is 14.7. The fourth-order valence-corrected chi connectivity index (χ4v) is 3.42. The molecule has 2 aromatic carbocycles. The zero-order valence-electron chi connectivity index (χ0n) is 15.8. The molecule has 1 aliphatic rings. The lowest BCUT2D eigenvalue weighted by Gasteiger charge is -2.32. The van der Waals surface area contributed by atoms with E-state index in [1.165, 1.54) is 19.6 Å². The molecule has 0 aromatic heterocycles. The van der Waals surface area contributed by atoms with Crippen molar-refractivity contribution in [1.29, 1.82) is 0 Å². The second-order valence-corrected chi connectivity index (χ2v) is 6.78. The Bertz CT molecular complexity index is 795. The standard InChI is InChI=1S/C22H25NO4/c1-16(24)19-8-9-20(21(14-19)26-2)27-15-22(25)23-12-10-18(11-13-23)17-6-4-3-5-7-17/h3-9,14,18H,10-13,15H2,1-2H3. The van der Waals surface area contributed by atoms with Crippen molar-refractivity contribution in [3.63, 3.8) is 0 Å². The lowest BCUT2D eigenvalue weighted by Crippen LogP contribution is -2.40. The van der Waals surface area contributed by atoms with Gasteiger partial charge in [-0.25, -0.2) is 0 Å². The molecule has 5 heteroatoms. The Balaban J connectivity index is 1.54. The Labute approximate surface area is 159 Å². The number of Topliss-reactive ketones (excluding diaryl/α,β-unsaturated/α-hetero) is 1. The number of likely N-dealkylation sites (tertiary alicyclic amines) is 1. The summed E-state index contributed by atoms with van der Waals surface area (Å²) in [6.07, 6.45) is 1.93. The van der Waals surface area contributed by atoms with Crippen molar-refractivity contribution in [2.75, 3.05) is 26.8 Å². The lowest BCUT2D eigenvalue weighted by atomic mass is 9.89. The molecule has 1 saturated heterocycles. The van der Waals surface area contributed by atoms with Crippen molar-refractivity contribution in [2.24, 2.45) is 0 Å². The molecule has 2 aromatic rings. The molecule has 5 nitrogen and oxygen atoms in total. The van der Waals surface area contributed by atoms with E-state index in [4.69, 9.17) is 9.47 Å². The van der Waals surface area contributed by atoms with Crippen molar-refractivity contribution in [1.82, 2.24) is 4.90 Å². The maximum absolute atomic E-state index is 12.5. The van der Waals surface area contributed by atoms with Crippen molar-refractivity contribution < 1.29 is 19.1 Å². The van der Waals surface area contributed by atoms with Crippen LogP contribution >= 0.6 is 0 Å². The van der Waals surface area contributed by atoms with Crippen LogP contribution < -0.4 is 9.47 Å². The topological polar surface area (TPSA) is 55.8 Å². The van der Waals surface area contributed by atoms with E-state index in [-0.39, 0.29) is 18.3 Å². The van der Waals surface area contributed by atoms with E-state index in [9.17, 15) is 9.59 Å². The number of amides is 1. The van der Waals surface area contributed by atoms with Crippen LogP contribution in [0.2, 0.25) is 0 Å². The van der Waals surface area contributed by atoms with Gasteiger partial charge in [-0.15, -0.1) is 0 Å². The number of carbonyl (C=O) groups is 2. The molecule has 0 spiro atoms. The minimum absolute atomic E-state index is 0.0285. The van der Waals surface area contributed by atoms with E-state index in [0.717, 1.165) is 25.9 Å². The van der Waals surface area contributed by atoms with E-state index in [1.807, 2.05) is 11.0 Å². The minimum Gasteiger partial charge on any atom is -0.493 e. The van der Waals surface area contributed by atoms with E-state index < -0.39 is 0 Å². The molecular weight excluding hydrogens is 342 g/mol. The quantitative estimate of drug-likeness (QED) is 0.731. The van der Waals surface area contributed by atoms with Gasteiger partial charge in [0.15, 0.2) is 23.9 Å². The summed E-state index contributed by atoms with van der Waals surface area (Å²) >= 11 is 0. The summed E-state index contributed by atoms with van der Waals surface area (Å²) in [7, 11) is 1.52. The van der Waals surface area contributed by atoms with Gasteiger partial charge in [-0.05, 0) is 49.4 Å². The summed E-state index contributed by atoms with van der Waals surface area (Å²) in [5.74, 6) is 1.36. The third-order valence-corrected chi connectivity index (χ3v) is 5.04. The van der Waals surface area contributed by atoms with Gasteiger partial charge in [0.2, 0.25) is 0 Å². The van der Waals surface area contributed by atoms with Crippen LogP contribution in [0.1, 0.15) is 41.6 Å². The molecule has 3 rings (SSSR count). The van der Waals surface area contributed by atoms with E-state index >= 15 is 0 Å². The molecule has 1 aliphatic heterocycles. The van der Waals surface area contributed by atoms with Crippen LogP contribution in [0.4, 0.5) is 0 Å². The minimum atomic E-state index is -0.0442. The zero-order valence-corrected chi connectivity index (χ0v) is 15.8. The first-order valence-corrected chi connectivity index (χ1v) is 9.23. The molecule has 142 valence electrons. The predicted molar refractivity (Wildman–Crippen MR) is 103 cm³/mol. The van der Waals surface area contributed by atoms with E-state index in [1.54, 1.807) is 18.2 Å². The second kappa shape index (κ2) is 8.71. The number of carbonyl (C=O) groups excluding carboxylic acids is 2. The molecule has 1 amide bonds. The molecule has 0 atom stereocenters. The van der Waals surface area contributed by atoms with E-state index in [0.29, 0.717) is 23.0 Å². The highest BCUT2D eigenvalue weighted by molar-refractivity contribution is 5.94. The Morgan fingerprint density at radius 1 is 1.04 bits per heavy atom. The Morgan fingerprint density at radius 2 is 1.74 bits per heavy atom. The van der Waals surface area contributed by atoms with Crippen molar-refractivity contribution in [3.05, 3.63) is 59.7 Å². The SMILES string of the molecule is COc1cc(C(C)=O)ccc1OCC(=O)N1CCC(c2ccccc2)CC1. The summed E-state index contributed by atoms with van der Waals surface area (Å²) in [6.45, 7) is 2.94. The summed E-state index contributed by atoms with van der Waals surface area (Å²) in [6, 6.07) is 15.4. The highest BCUT2D eigenvalue weighted by atomic mass is 16.5. The van der Waals surface area contributed by atoms with Crippen LogP contribution in [-0.2, 0) is 4.79 Å². The van der Waals surface area contributed by atoms with Crippen LogP contribution in [0.15, 0.2) is 48.5 Å². The molecule has 0 N–H and O–H groups in total. The molecule has 27 heavy (non-hydrogen) atoms. The van der Waals surface area contributed by atoms with Crippen LogP contribution in [-0.4, -0.2) is 43.4 Å². The van der Waals surface area contributed by atoms with Gasteiger partial charge in [-0.3, -0.25) is 9.59 Å². The number of hydrogen-bond acceptors (Lipinski definition) is 4. The highest BCUT2D eigenvalue weighted by Gasteiger charge is 2.24. The molecular formula is C22H25NO4. The van der Waals surface area contributed by atoms with Gasteiger partial charge >= 0.3 is 0 Å². The van der Waals surface area contributed by atoms with Crippen molar-refractivity contribution in [3.8, 4) is 11.5 Å². The fourth-order valence-electron chi connectivity index (χ4n) is 3.42. The highest BCUT2D eigenvalue weighted by Crippen LogP contribution is 2.29. The molecule has 0 radical (unpaired) electrons. The van der Waals surface area contributed by atoms with Crippen LogP contribution in [0.3, 0.4) is 0 Å². The number of methoxy groups -OCH3 is 1. The Morgan fingerprint density at radius 3 is 2.37 bits per heavy atom. The van der Waals surface area contributed by atoms with Crippen molar-refractivity contribution in [2.45, 2.75) is 25.7 Å². The van der Waals surface area contributed by atoms with E-state index in [2.05, 4.69) is 24.3 Å². The molecule has 1 heterocycles. The fraction of sp³-hybridized carbons (Fsp3) is 0.364. The van der Waals surface area contributed by atoms with Gasteiger partial charge < -0.3 is 14.4 Å². The van der Waals surface area contributed by atoms with Gasteiger partial charge in [0.25, 0.3) is 5.91 Å². The Kier molecular flexibility index (Phi) is 6.12. The van der Waals surface area contributed by atoms with Crippen molar-refractivity contribution >= 4 is 11.7 Å². The van der Waals surface area contributed by atoms with Crippen LogP contribution in [0.5, 0.6) is 11.5 Å². The van der Waals surface area contributed by atoms with Gasteiger partial charge in [0, 0.05) is 18.7 Å². The number of ether oxygens (including phenoxy) is 2. The number of benzene rings is 2. The summed E-state index contributed by atoms with van der Waals surface area (Å²) in [4.78, 5) is 25.8. The average molecular weight is 367 g/mol. The summed E-state index contributed by atoms with van der Waals surface area (Å²) in [5.41, 5.74) is 1.89. The number of piperidine rings is 1. The lowest BCUT2D eigenvalue weighted by molar-refractivity contribution is -0.134. The number of nitrogens with zero attached hydrogens (tertiary/aromatic N) is 1. The molecule has 1 fully saturated rings. The maximum atomic E-state index is 12.5. The molecule has 0 bridgehead atoms. The number of hydrogen-bond donors (Lipinski definition) is 0. The molecule has 0 saturated carbocycles. The first-order valence-electron chi connectivity index (χ1n) is 9.23. The average Bonchev–Trinajstić information content (AvgIpc) is 2.72. The first kappa shape index (κ1) is 19.0. The van der Waals surface area contributed by atoms with Gasteiger partial charge in [0.1, 0.15) is 0 Å². The summed E-state index contributed by atoms with van der Waals surface area (Å²) < 4.78 is 10.9. The maximum Gasteiger partial charge on any atom is 0.260 e. The van der Waals surface area contributed by atoms with Gasteiger partial charge in [-0.2, -0.15) is 0 Å². The van der Waals surface area contributed by atoms with Gasteiger partial charge in [-0.1, -0.05) is 30.3 Å². The summed E-state index contributed by atoms with van der Waals surface area (Å²) in [5, 5.41) is 0. The molecule has 0 unspecified atom stereocenters. The third-order valence-electron chi connectivity index (χ3n) is 5.04. The van der Waals surface area contributed by atoms with Crippen LogP contribution in [0.25, 0.3) is 0 Å². The zero-order chi connectivity index (χ0) is 19.2. The predicted octanol–water partition coefficient (Wildman–Crippen LogP) is 3.68. The second-order valence-electron chi connectivity index (χ2n) is 6.78. The van der Waals surface area contributed by atoms with Crippen LogP contribution in [0, 0.1) is 0 Å². The third kappa shape index (κ3) is 4.67. The first-order chi connectivity index (χ1) is 13.1.